The maximum atomic E-state index is 12.4. The zero-order valence-electron chi connectivity index (χ0n) is 11.0. The monoisotopic (exact) mass is 277 g/mol. The topological polar surface area (TPSA) is 58.8 Å². The van der Waals surface area contributed by atoms with E-state index in [-0.39, 0.29) is 12.5 Å². The number of nitrogens with two attached hydrogens (primary N) is 1. The quantitative estimate of drug-likeness (QED) is 0.783. The molecule has 5 nitrogen and oxygen atoms in total. The van der Waals surface area contributed by atoms with Crippen LogP contribution in [0.3, 0.4) is 0 Å². The van der Waals surface area contributed by atoms with E-state index in [4.69, 9.17) is 10.5 Å². The van der Waals surface area contributed by atoms with Gasteiger partial charge in [-0.1, -0.05) is 0 Å². The summed E-state index contributed by atoms with van der Waals surface area (Å²) < 4.78 is 29.8. The number of nitrogens with zero attached hydrogens (tertiary/aromatic N) is 2. The molecule has 19 heavy (non-hydrogen) atoms. The zero-order chi connectivity index (χ0) is 13.9. The van der Waals surface area contributed by atoms with Gasteiger partial charge in [0.1, 0.15) is 0 Å². The van der Waals surface area contributed by atoms with Gasteiger partial charge >= 0.3 is 0 Å². The number of hydrogen-bond acceptors (Lipinski definition) is 4. The third-order valence-electron chi connectivity index (χ3n) is 3.87. The number of alkyl halides is 2. The van der Waals surface area contributed by atoms with Crippen molar-refractivity contribution in [3.8, 4) is 0 Å². The van der Waals surface area contributed by atoms with E-state index in [1.54, 1.807) is 9.80 Å². The van der Waals surface area contributed by atoms with Gasteiger partial charge in [0.25, 0.3) is 6.43 Å². The molecule has 1 amide bonds. The van der Waals surface area contributed by atoms with Crippen molar-refractivity contribution in [2.24, 2.45) is 5.73 Å². The predicted octanol–water partition coefficient (Wildman–Crippen LogP) is -0.0964. The van der Waals surface area contributed by atoms with E-state index >= 15 is 0 Å². The molecule has 7 heteroatoms. The first-order chi connectivity index (χ1) is 9.01. The van der Waals surface area contributed by atoms with Gasteiger partial charge in [-0.25, -0.2) is 8.78 Å². The van der Waals surface area contributed by atoms with Crippen molar-refractivity contribution in [1.82, 2.24) is 9.80 Å². The third-order valence-corrected chi connectivity index (χ3v) is 3.87. The van der Waals surface area contributed by atoms with Gasteiger partial charge in [0.05, 0.1) is 12.1 Å². The van der Waals surface area contributed by atoms with Crippen LogP contribution in [0.1, 0.15) is 12.8 Å². The Bertz CT molecular complexity index is 314. The van der Waals surface area contributed by atoms with Gasteiger partial charge in [-0.2, -0.15) is 0 Å². The van der Waals surface area contributed by atoms with Crippen LogP contribution in [-0.4, -0.2) is 73.6 Å². The standard InChI is InChI=1S/C12H21F2N3O2/c13-10(14)9-16-3-5-17(6-4-16)11(18)12(15)1-7-19-8-2-12/h10H,1-9,15H2. The Balaban J connectivity index is 1.85. The van der Waals surface area contributed by atoms with Crippen molar-refractivity contribution >= 4 is 5.91 Å². The van der Waals surface area contributed by atoms with Gasteiger partial charge in [-0.05, 0) is 12.8 Å². The molecule has 2 saturated heterocycles. The Morgan fingerprint density at radius 1 is 1.21 bits per heavy atom. The first-order valence-electron chi connectivity index (χ1n) is 6.68. The van der Waals surface area contributed by atoms with Gasteiger partial charge in [-0.3, -0.25) is 9.69 Å². The lowest BCUT2D eigenvalue weighted by atomic mass is 9.89. The van der Waals surface area contributed by atoms with Crippen LogP contribution >= 0.6 is 0 Å². The fourth-order valence-corrected chi connectivity index (χ4v) is 2.59. The summed E-state index contributed by atoms with van der Waals surface area (Å²) in [6.07, 6.45) is -1.26. The van der Waals surface area contributed by atoms with Crippen LogP contribution in [0.4, 0.5) is 8.78 Å². The highest BCUT2D eigenvalue weighted by Gasteiger charge is 2.39. The maximum absolute atomic E-state index is 12.4. The lowest BCUT2D eigenvalue weighted by molar-refractivity contribution is -0.142. The second-order valence-electron chi connectivity index (χ2n) is 5.25. The Morgan fingerprint density at radius 2 is 1.79 bits per heavy atom. The van der Waals surface area contributed by atoms with Crippen LogP contribution in [0, 0.1) is 0 Å². The zero-order valence-corrected chi connectivity index (χ0v) is 11.0. The van der Waals surface area contributed by atoms with Crippen molar-refractivity contribution in [3.63, 3.8) is 0 Å². The smallest absolute Gasteiger partial charge is 0.251 e. The lowest BCUT2D eigenvalue weighted by Gasteiger charge is -2.40. The summed E-state index contributed by atoms with van der Waals surface area (Å²) in [5, 5.41) is 0. The van der Waals surface area contributed by atoms with Crippen molar-refractivity contribution in [3.05, 3.63) is 0 Å². The number of amides is 1. The molecule has 0 unspecified atom stereocenters. The summed E-state index contributed by atoms with van der Waals surface area (Å²) in [6, 6.07) is 0. The van der Waals surface area contributed by atoms with Crippen LogP contribution in [0.15, 0.2) is 0 Å². The fourth-order valence-electron chi connectivity index (χ4n) is 2.59. The molecule has 0 saturated carbocycles. The molecule has 2 aliphatic rings. The molecule has 0 bridgehead atoms. The van der Waals surface area contributed by atoms with Crippen molar-refractivity contribution in [1.29, 1.82) is 0 Å². The molecule has 2 N–H and O–H groups in total. The molecule has 0 aromatic carbocycles. The first kappa shape index (κ1) is 14.6. The molecule has 0 atom stereocenters. The minimum atomic E-state index is -2.32. The summed E-state index contributed by atoms with van der Waals surface area (Å²) in [5.74, 6) is -0.0625. The fraction of sp³-hybridized carbons (Fsp3) is 0.917. The van der Waals surface area contributed by atoms with Crippen molar-refractivity contribution in [2.75, 3.05) is 45.9 Å². The van der Waals surface area contributed by atoms with Crippen molar-refractivity contribution in [2.45, 2.75) is 24.8 Å². The average molecular weight is 277 g/mol. The van der Waals surface area contributed by atoms with Gasteiger partial charge in [0, 0.05) is 39.4 Å². The summed E-state index contributed by atoms with van der Waals surface area (Å²) in [4.78, 5) is 15.8. The molecule has 0 radical (unpaired) electrons. The highest BCUT2D eigenvalue weighted by atomic mass is 19.3. The number of rotatable bonds is 3. The number of hydrogen-bond donors (Lipinski definition) is 1. The molecule has 2 fully saturated rings. The summed E-state index contributed by atoms with van der Waals surface area (Å²) in [5.41, 5.74) is 5.31. The molecule has 0 spiro atoms. The number of ether oxygens (including phenoxy) is 1. The van der Waals surface area contributed by atoms with Crippen molar-refractivity contribution < 1.29 is 18.3 Å². The second kappa shape index (κ2) is 6.11. The van der Waals surface area contributed by atoms with E-state index in [0.717, 1.165) is 0 Å². The predicted molar refractivity (Wildman–Crippen MR) is 66.0 cm³/mol. The second-order valence-corrected chi connectivity index (χ2v) is 5.25. The number of carbonyl (C=O) groups excluding carboxylic acids is 1. The average Bonchev–Trinajstić information content (AvgIpc) is 2.39. The number of carbonyl (C=O) groups is 1. The van der Waals surface area contributed by atoms with Gasteiger partial charge in [0.2, 0.25) is 5.91 Å². The van der Waals surface area contributed by atoms with Gasteiger partial charge in [0.15, 0.2) is 0 Å². The molecule has 2 rings (SSSR count). The molecule has 110 valence electrons. The van der Waals surface area contributed by atoms with E-state index in [0.29, 0.717) is 52.2 Å². The summed E-state index contributed by atoms with van der Waals surface area (Å²) in [6.45, 7) is 2.73. The van der Waals surface area contributed by atoms with E-state index in [2.05, 4.69) is 0 Å². The number of piperazine rings is 1. The van der Waals surface area contributed by atoms with Crippen LogP contribution in [0.25, 0.3) is 0 Å². The molecular weight excluding hydrogens is 256 g/mol. The normalized spacial score (nSPS) is 24.7. The minimum Gasteiger partial charge on any atom is -0.381 e. The minimum absolute atomic E-state index is 0.0625. The molecule has 0 aromatic heterocycles. The lowest BCUT2D eigenvalue weighted by Crippen LogP contribution is -2.61. The van der Waals surface area contributed by atoms with E-state index < -0.39 is 12.0 Å². The third kappa shape index (κ3) is 3.61. The van der Waals surface area contributed by atoms with Gasteiger partial charge < -0.3 is 15.4 Å². The molecule has 0 aliphatic carbocycles. The van der Waals surface area contributed by atoms with Crippen LogP contribution in [0.5, 0.6) is 0 Å². The van der Waals surface area contributed by atoms with Crippen LogP contribution < -0.4 is 5.73 Å². The highest BCUT2D eigenvalue weighted by molar-refractivity contribution is 5.86. The van der Waals surface area contributed by atoms with E-state index in [1.165, 1.54) is 0 Å². The largest absolute Gasteiger partial charge is 0.381 e. The first-order valence-corrected chi connectivity index (χ1v) is 6.68. The Morgan fingerprint density at radius 3 is 2.32 bits per heavy atom. The van der Waals surface area contributed by atoms with E-state index in [1.807, 2.05) is 0 Å². The van der Waals surface area contributed by atoms with Crippen LogP contribution in [0.2, 0.25) is 0 Å². The Labute approximate surface area is 111 Å². The highest BCUT2D eigenvalue weighted by Crippen LogP contribution is 2.21. The molecule has 0 aromatic rings. The Hall–Kier alpha value is -0.790. The maximum Gasteiger partial charge on any atom is 0.251 e. The van der Waals surface area contributed by atoms with E-state index in [9.17, 15) is 13.6 Å². The summed E-state index contributed by atoms with van der Waals surface area (Å²) in [7, 11) is 0. The molecule has 2 heterocycles. The Kier molecular flexibility index (Phi) is 4.70. The molecular formula is C12H21F2N3O2. The summed E-state index contributed by atoms with van der Waals surface area (Å²) >= 11 is 0. The molecule has 2 aliphatic heterocycles. The number of halogens is 2. The van der Waals surface area contributed by atoms with Gasteiger partial charge in [-0.15, -0.1) is 0 Å². The SMILES string of the molecule is NC1(C(=O)N2CCN(CC(F)F)CC2)CCOCC1. The van der Waals surface area contributed by atoms with Crippen LogP contribution in [-0.2, 0) is 9.53 Å².